The number of carboxylic acids is 1. The normalized spacial score (nSPS) is 14.4. The van der Waals surface area contributed by atoms with Crippen LogP contribution in [0.3, 0.4) is 0 Å². The molecule has 6 nitrogen and oxygen atoms in total. The molecule has 0 rings (SSSR count). The molecular weight excluding hydrogens is 248 g/mol. The van der Waals surface area contributed by atoms with Gasteiger partial charge in [0.25, 0.3) is 0 Å². The molecule has 0 aromatic heterocycles. The fourth-order valence-corrected chi connectivity index (χ4v) is 1.50. The van der Waals surface area contributed by atoms with Gasteiger partial charge in [0.1, 0.15) is 12.1 Å². The number of rotatable bonds is 6. The van der Waals surface area contributed by atoms with E-state index >= 15 is 0 Å². The first-order valence-electron chi connectivity index (χ1n) is 6.33. The molecular formula is C13H24N2O4. The molecule has 0 aromatic rings. The van der Waals surface area contributed by atoms with Crippen molar-refractivity contribution in [3.8, 4) is 0 Å². The molecule has 0 spiro atoms. The molecule has 0 unspecified atom stereocenters. The fraction of sp³-hybridized carbons (Fsp3) is 0.769. The van der Waals surface area contributed by atoms with Crippen molar-refractivity contribution in [3.63, 3.8) is 0 Å². The van der Waals surface area contributed by atoms with Gasteiger partial charge in [-0.05, 0) is 25.2 Å². The van der Waals surface area contributed by atoms with Crippen molar-refractivity contribution >= 4 is 17.8 Å². The summed E-state index contributed by atoms with van der Waals surface area (Å²) in [5, 5.41) is 13.9. The van der Waals surface area contributed by atoms with Gasteiger partial charge in [-0.1, -0.05) is 20.8 Å². The third-order valence-electron chi connectivity index (χ3n) is 2.61. The summed E-state index contributed by atoms with van der Waals surface area (Å²) in [7, 11) is 0. The highest BCUT2D eigenvalue weighted by atomic mass is 16.4. The highest BCUT2D eigenvalue weighted by Gasteiger charge is 2.25. The summed E-state index contributed by atoms with van der Waals surface area (Å²) in [6.07, 6.45) is 1.04. The highest BCUT2D eigenvalue weighted by Crippen LogP contribution is 2.21. The number of carboxylic acid groups (broad SMARTS) is 1. The molecule has 0 aliphatic rings. The van der Waals surface area contributed by atoms with Gasteiger partial charge in [0, 0.05) is 6.92 Å². The maximum atomic E-state index is 11.7. The fourth-order valence-electron chi connectivity index (χ4n) is 1.50. The molecule has 0 saturated heterocycles. The topological polar surface area (TPSA) is 95.5 Å². The average Bonchev–Trinajstić information content (AvgIpc) is 2.20. The summed E-state index contributed by atoms with van der Waals surface area (Å²) >= 11 is 0. The van der Waals surface area contributed by atoms with E-state index in [-0.39, 0.29) is 11.3 Å². The first kappa shape index (κ1) is 17.4. The number of hydrogen-bond acceptors (Lipinski definition) is 3. The maximum Gasteiger partial charge on any atom is 0.326 e. The van der Waals surface area contributed by atoms with E-state index in [2.05, 4.69) is 10.6 Å². The van der Waals surface area contributed by atoms with Crippen LogP contribution in [-0.2, 0) is 14.4 Å². The van der Waals surface area contributed by atoms with Gasteiger partial charge in [-0.3, -0.25) is 9.59 Å². The standard InChI is InChI=1S/C13H24N2O4/c1-8(14-9(2)16)11(17)15-10(12(18)19)6-7-13(3,4)5/h8,10H,6-7H2,1-5H3,(H,14,16)(H,15,17)(H,18,19)/t8-,10-/m0/s1. The van der Waals surface area contributed by atoms with Crippen LogP contribution in [0.25, 0.3) is 0 Å². The second-order valence-electron chi connectivity index (χ2n) is 5.92. The first-order valence-corrected chi connectivity index (χ1v) is 6.33. The van der Waals surface area contributed by atoms with Gasteiger partial charge in [-0.2, -0.15) is 0 Å². The molecule has 0 fully saturated rings. The lowest BCUT2D eigenvalue weighted by molar-refractivity contribution is -0.142. The van der Waals surface area contributed by atoms with Crippen LogP contribution in [0.15, 0.2) is 0 Å². The van der Waals surface area contributed by atoms with E-state index in [0.717, 1.165) is 0 Å². The van der Waals surface area contributed by atoms with Crippen LogP contribution in [-0.4, -0.2) is 35.0 Å². The van der Waals surface area contributed by atoms with E-state index in [4.69, 9.17) is 5.11 Å². The Morgan fingerprint density at radius 3 is 2.05 bits per heavy atom. The number of amides is 2. The van der Waals surface area contributed by atoms with Gasteiger partial charge in [0.15, 0.2) is 0 Å². The average molecular weight is 272 g/mol. The van der Waals surface area contributed by atoms with Crippen LogP contribution >= 0.6 is 0 Å². The smallest absolute Gasteiger partial charge is 0.326 e. The molecule has 0 aromatic carbocycles. The van der Waals surface area contributed by atoms with Crippen molar-refractivity contribution in [3.05, 3.63) is 0 Å². The van der Waals surface area contributed by atoms with Crippen molar-refractivity contribution in [1.82, 2.24) is 10.6 Å². The lowest BCUT2D eigenvalue weighted by Crippen LogP contribution is -2.50. The second-order valence-corrected chi connectivity index (χ2v) is 5.92. The molecule has 0 radical (unpaired) electrons. The summed E-state index contributed by atoms with van der Waals surface area (Å²) in [5.41, 5.74) is 0.00166. The van der Waals surface area contributed by atoms with Crippen molar-refractivity contribution in [2.75, 3.05) is 0 Å². The number of carbonyl (C=O) groups excluding carboxylic acids is 2. The zero-order valence-electron chi connectivity index (χ0n) is 12.2. The quantitative estimate of drug-likeness (QED) is 0.669. The van der Waals surface area contributed by atoms with E-state index in [9.17, 15) is 14.4 Å². The third-order valence-corrected chi connectivity index (χ3v) is 2.61. The van der Waals surface area contributed by atoms with Gasteiger partial charge in [0.05, 0.1) is 0 Å². The molecule has 0 bridgehead atoms. The van der Waals surface area contributed by atoms with Crippen LogP contribution in [0, 0.1) is 5.41 Å². The van der Waals surface area contributed by atoms with Gasteiger partial charge in [-0.15, -0.1) is 0 Å². The SMILES string of the molecule is CC(=O)N[C@@H](C)C(=O)N[C@@H](CCC(C)(C)C)C(=O)O. The number of carbonyl (C=O) groups is 3. The number of nitrogens with one attached hydrogen (secondary N) is 2. The minimum Gasteiger partial charge on any atom is -0.480 e. The van der Waals surface area contributed by atoms with Gasteiger partial charge in [-0.25, -0.2) is 4.79 Å². The molecule has 2 atom stereocenters. The summed E-state index contributed by atoms with van der Waals surface area (Å²) in [4.78, 5) is 33.7. The van der Waals surface area contributed by atoms with Crippen LogP contribution < -0.4 is 10.6 Å². The molecule has 3 N–H and O–H groups in total. The minimum atomic E-state index is -1.06. The zero-order valence-corrected chi connectivity index (χ0v) is 12.2. The molecule has 6 heteroatoms. The first-order chi connectivity index (χ1) is 8.53. The summed E-state index contributed by atoms with van der Waals surface area (Å²) < 4.78 is 0. The Kier molecular flexibility index (Phi) is 6.52. The van der Waals surface area contributed by atoms with Crippen LogP contribution in [0.1, 0.15) is 47.5 Å². The van der Waals surface area contributed by atoms with E-state index < -0.39 is 24.0 Å². The molecule has 0 heterocycles. The van der Waals surface area contributed by atoms with Crippen molar-refractivity contribution in [1.29, 1.82) is 0 Å². The molecule has 110 valence electrons. The Bertz CT molecular complexity index is 347. The Hall–Kier alpha value is -1.59. The van der Waals surface area contributed by atoms with Gasteiger partial charge in [0.2, 0.25) is 11.8 Å². The Balaban J connectivity index is 4.46. The molecule has 0 aliphatic heterocycles. The molecule has 0 saturated carbocycles. The lowest BCUT2D eigenvalue weighted by atomic mass is 9.88. The lowest BCUT2D eigenvalue weighted by Gasteiger charge is -2.22. The second kappa shape index (κ2) is 7.11. The Morgan fingerprint density at radius 2 is 1.68 bits per heavy atom. The van der Waals surface area contributed by atoms with E-state index in [1.165, 1.54) is 13.8 Å². The monoisotopic (exact) mass is 272 g/mol. The van der Waals surface area contributed by atoms with Crippen LogP contribution in [0.5, 0.6) is 0 Å². The van der Waals surface area contributed by atoms with Crippen LogP contribution in [0.4, 0.5) is 0 Å². The Morgan fingerprint density at radius 1 is 1.16 bits per heavy atom. The van der Waals surface area contributed by atoms with Crippen molar-refractivity contribution in [2.24, 2.45) is 5.41 Å². The zero-order chi connectivity index (χ0) is 15.2. The minimum absolute atomic E-state index is 0.00166. The predicted molar refractivity (Wildman–Crippen MR) is 71.5 cm³/mol. The van der Waals surface area contributed by atoms with E-state index in [0.29, 0.717) is 12.8 Å². The van der Waals surface area contributed by atoms with Gasteiger partial charge < -0.3 is 15.7 Å². The Labute approximate surface area is 113 Å². The maximum absolute atomic E-state index is 11.7. The van der Waals surface area contributed by atoms with Crippen molar-refractivity contribution in [2.45, 2.75) is 59.5 Å². The largest absolute Gasteiger partial charge is 0.480 e. The van der Waals surface area contributed by atoms with E-state index in [1.807, 2.05) is 20.8 Å². The summed E-state index contributed by atoms with van der Waals surface area (Å²) in [5.74, 6) is -1.88. The van der Waals surface area contributed by atoms with Gasteiger partial charge >= 0.3 is 5.97 Å². The summed E-state index contributed by atoms with van der Waals surface area (Å²) in [6.45, 7) is 8.84. The van der Waals surface area contributed by atoms with Crippen molar-refractivity contribution < 1.29 is 19.5 Å². The molecule has 19 heavy (non-hydrogen) atoms. The highest BCUT2D eigenvalue weighted by molar-refractivity contribution is 5.89. The number of aliphatic carboxylic acids is 1. The van der Waals surface area contributed by atoms with E-state index in [1.54, 1.807) is 0 Å². The summed E-state index contributed by atoms with van der Waals surface area (Å²) in [6, 6.07) is -1.67. The third kappa shape index (κ3) is 8.18. The molecule has 0 aliphatic carbocycles. The number of hydrogen-bond donors (Lipinski definition) is 3. The molecule has 2 amide bonds. The predicted octanol–water partition coefficient (Wildman–Crippen LogP) is 0.907. The van der Waals surface area contributed by atoms with Crippen LogP contribution in [0.2, 0.25) is 0 Å².